The Balaban J connectivity index is 2.30. The maximum atomic E-state index is 11.3. The summed E-state index contributed by atoms with van der Waals surface area (Å²) in [7, 11) is 1.30. The number of hydrogen-bond donors (Lipinski definition) is 0. The van der Waals surface area contributed by atoms with Crippen LogP contribution in [0.3, 0.4) is 0 Å². The zero-order valence-corrected chi connectivity index (χ0v) is 11.7. The van der Waals surface area contributed by atoms with Gasteiger partial charge in [-0.05, 0) is 40.7 Å². The number of carbonyl (C=O) groups is 1. The van der Waals surface area contributed by atoms with Gasteiger partial charge in [0.2, 0.25) is 5.16 Å². The first kappa shape index (κ1) is 14.0. The van der Waals surface area contributed by atoms with Gasteiger partial charge in [0.05, 0.1) is 12.7 Å². The van der Waals surface area contributed by atoms with Gasteiger partial charge in [-0.1, -0.05) is 12.1 Å². The molecule has 0 radical (unpaired) electrons. The van der Waals surface area contributed by atoms with E-state index in [1.54, 1.807) is 6.07 Å². The minimum absolute atomic E-state index is 0.0698. The Morgan fingerprint density at radius 1 is 1.55 bits per heavy atom. The molecule has 1 heterocycles. The molecule has 7 nitrogen and oxygen atoms in total. The fourth-order valence-corrected chi connectivity index (χ4v) is 2.44. The summed E-state index contributed by atoms with van der Waals surface area (Å²) in [5.74, 6) is -0.440. The third kappa shape index (κ3) is 2.95. The number of esters is 1. The van der Waals surface area contributed by atoms with Crippen molar-refractivity contribution < 1.29 is 9.53 Å². The monoisotopic (exact) mass is 289 g/mol. The largest absolute Gasteiger partial charge is 0.468 e. The van der Waals surface area contributed by atoms with E-state index in [1.807, 2.05) is 19.1 Å². The van der Waals surface area contributed by atoms with E-state index in [-0.39, 0.29) is 6.54 Å². The van der Waals surface area contributed by atoms with Crippen LogP contribution in [0, 0.1) is 18.3 Å². The van der Waals surface area contributed by atoms with Gasteiger partial charge in [0.25, 0.3) is 0 Å². The molecule has 0 spiro atoms. The van der Waals surface area contributed by atoms with Crippen LogP contribution in [0.2, 0.25) is 0 Å². The van der Waals surface area contributed by atoms with Crippen LogP contribution in [-0.4, -0.2) is 33.3 Å². The van der Waals surface area contributed by atoms with Crippen LogP contribution in [0.5, 0.6) is 0 Å². The second-order valence-corrected chi connectivity index (χ2v) is 4.84. The van der Waals surface area contributed by atoms with Crippen LogP contribution < -0.4 is 0 Å². The van der Waals surface area contributed by atoms with E-state index in [4.69, 9.17) is 5.26 Å². The Morgan fingerprint density at radius 3 is 3.05 bits per heavy atom. The van der Waals surface area contributed by atoms with Crippen LogP contribution in [-0.2, 0) is 16.1 Å². The third-order valence-corrected chi connectivity index (χ3v) is 3.75. The molecule has 0 saturated heterocycles. The molecule has 0 atom stereocenters. The van der Waals surface area contributed by atoms with E-state index in [1.165, 1.54) is 23.6 Å². The molecule has 2 rings (SSSR count). The number of rotatable bonds is 4. The third-order valence-electron chi connectivity index (χ3n) is 2.53. The van der Waals surface area contributed by atoms with Crippen LogP contribution in [0.15, 0.2) is 28.3 Å². The molecule has 20 heavy (non-hydrogen) atoms. The first-order valence-corrected chi connectivity index (χ1v) is 6.48. The number of benzene rings is 1. The SMILES string of the molecule is COC(=O)Cn1nnnc1Sc1c(C)cccc1C#N. The molecule has 0 fully saturated rings. The molecule has 0 bridgehead atoms. The highest BCUT2D eigenvalue weighted by Gasteiger charge is 2.15. The van der Waals surface area contributed by atoms with E-state index in [9.17, 15) is 4.79 Å². The Hall–Kier alpha value is -2.40. The first-order valence-electron chi connectivity index (χ1n) is 5.66. The van der Waals surface area contributed by atoms with Gasteiger partial charge in [0.15, 0.2) is 0 Å². The average molecular weight is 289 g/mol. The summed E-state index contributed by atoms with van der Waals surface area (Å²) in [5, 5.41) is 20.7. The molecule has 2 aromatic rings. The average Bonchev–Trinajstić information content (AvgIpc) is 2.88. The van der Waals surface area contributed by atoms with Crippen molar-refractivity contribution in [2.24, 2.45) is 0 Å². The summed E-state index contributed by atoms with van der Waals surface area (Å²) in [4.78, 5) is 12.0. The van der Waals surface area contributed by atoms with Crippen LogP contribution >= 0.6 is 11.8 Å². The number of nitriles is 1. The minimum Gasteiger partial charge on any atom is -0.468 e. The molecule has 0 amide bonds. The molecule has 0 saturated carbocycles. The Bertz CT molecular complexity index is 677. The molecule has 0 unspecified atom stereocenters. The molecule has 0 aliphatic rings. The number of aryl methyl sites for hydroxylation is 1. The maximum absolute atomic E-state index is 11.3. The maximum Gasteiger partial charge on any atom is 0.327 e. The second-order valence-electron chi connectivity index (χ2n) is 3.86. The molecule has 0 aliphatic heterocycles. The van der Waals surface area contributed by atoms with Crippen molar-refractivity contribution in [1.82, 2.24) is 20.2 Å². The molecule has 0 aliphatic carbocycles. The lowest BCUT2D eigenvalue weighted by Gasteiger charge is -2.07. The smallest absolute Gasteiger partial charge is 0.327 e. The number of aromatic nitrogens is 4. The van der Waals surface area contributed by atoms with E-state index in [2.05, 4.69) is 26.3 Å². The van der Waals surface area contributed by atoms with E-state index in [0.717, 1.165) is 10.5 Å². The molecule has 1 aromatic heterocycles. The molecule has 1 aromatic carbocycles. The second kappa shape index (κ2) is 6.16. The summed E-state index contributed by atoms with van der Waals surface area (Å²) in [5.41, 5.74) is 1.49. The highest BCUT2D eigenvalue weighted by atomic mass is 32.2. The van der Waals surface area contributed by atoms with Gasteiger partial charge in [-0.3, -0.25) is 4.79 Å². The Morgan fingerprint density at radius 2 is 2.35 bits per heavy atom. The van der Waals surface area contributed by atoms with Gasteiger partial charge in [-0.25, -0.2) is 4.68 Å². The lowest BCUT2D eigenvalue weighted by atomic mass is 10.1. The van der Waals surface area contributed by atoms with E-state index < -0.39 is 5.97 Å². The molecule has 0 N–H and O–H groups in total. The van der Waals surface area contributed by atoms with Crippen molar-refractivity contribution >= 4 is 17.7 Å². The highest BCUT2D eigenvalue weighted by Crippen LogP contribution is 2.31. The summed E-state index contributed by atoms with van der Waals surface area (Å²) in [6.07, 6.45) is 0. The summed E-state index contributed by atoms with van der Waals surface area (Å²) >= 11 is 1.25. The van der Waals surface area contributed by atoms with Crippen molar-refractivity contribution in [3.05, 3.63) is 29.3 Å². The summed E-state index contributed by atoms with van der Waals surface area (Å²) in [6, 6.07) is 7.57. The van der Waals surface area contributed by atoms with Crippen LogP contribution in [0.25, 0.3) is 0 Å². The summed E-state index contributed by atoms with van der Waals surface area (Å²) < 4.78 is 5.92. The molecule has 102 valence electrons. The first-order chi connectivity index (χ1) is 9.65. The van der Waals surface area contributed by atoms with Crippen LogP contribution in [0.1, 0.15) is 11.1 Å². The number of methoxy groups -OCH3 is 1. The van der Waals surface area contributed by atoms with Crippen molar-refractivity contribution in [3.8, 4) is 6.07 Å². The molecular formula is C12H11N5O2S. The van der Waals surface area contributed by atoms with Gasteiger partial charge in [-0.15, -0.1) is 5.10 Å². The quantitative estimate of drug-likeness (QED) is 0.780. The Kier molecular flexibility index (Phi) is 4.32. The summed E-state index contributed by atoms with van der Waals surface area (Å²) in [6.45, 7) is 1.83. The number of tetrazole rings is 1. The van der Waals surface area contributed by atoms with Crippen molar-refractivity contribution in [2.45, 2.75) is 23.5 Å². The minimum atomic E-state index is -0.440. The van der Waals surface area contributed by atoms with Crippen molar-refractivity contribution in [1.29, 1.82) is 5.26 Å². The molecule has 8 heteroatoms. The number of carbonyl (C=O) groups excluding carboxylic acids is 1. The molecular weight excluding hydrogens is 278 g/mol. The Labute approximate surface area is 119 Å². The zero-order chi connectivity index (χ0) is 14.5. The van der Waals surface area contributed by atoms with E-state index in [0.29, 0.717) is 10.7 Å². The predicted molar refractivity (Wildman–Crippen MR) is 69.9 cm³/mol. The van der Waals surface area contributed by atoms with Crippen LogP contribution in [0.4, 0.5) is 0 Å². The predicted octanol–water partition coefficient (Wildman–Crippen LogP) is 1.18. The zero-order valence-electron chi connectivity index (χ0n) is 10.9. The van der Waals surface area contributed by atoms with Gasteiger partial charge in [0.1, 0.15) is 12.6 Å². The van der Waals surface area contributed by atoms with Gasteiger partial charge < -0.3 is 4.74 Å². The van der Waals surface area contributed by atoms with E-state index >= 15 is 0 Å². The normalized spacial score (nSPS) is 10.1. The van der Waals surface area contributed by atoms with Gasteiger partial charge >= 0.3 is 5.97 Å². The highest BCUT2D eigenvalue weighted by molar-refractivity contribution is 7.99. The van der Waals surface area contributed by atoms with Gasteiger partial charge in [0, 0.05) is 4.90 Å². The lowest BCUT2D eigenvalue weighted by Crippen LogP contribution is -2.13. The fourth-order valence-electron chi connectivity index (χ4n) is 1.52. The number of nitrogens with zero attached hydrogens (tertiary/aromatic N) is 5. The number of ether oxygens (including phenoxy) is 1. The van der Waals surface area contributed by atoms with Gasteiger partial charge in [-0.2, -0.15) is 5.26 Å². The van der Waals surface area contributed by atoms with Crippen molar-refractivity contribution in [3.63, 3.8) is 0 Å². The fraction of sp³-hybridized carbons (Fsp3) is 0.250. The number of hydrogen-bond acceptors (Lipinski definition) is 7. The lowest BCUT2D eigenvalue weighted by molar-refractivity contribution is -0.141. The topological polar surface area (TPSA) is 93.7 Å². The standard InChI is InChI=1S/C12H11N5O2S/c1-8-4-3-5-9(6-13)11(8)20-12-14-15-16-17(12)7-10(18)19-2/h3-5H,7H2,1-2H3. The van der Waals surface area contributed by atoms with Crippen molar-refractivity contribution in [2.75, 3.05) is 7.11 Å².